The zero-order valence-corrected chi connectivity index (χ0v) is 12.4. The maximum absolute atomic E-state index is 11.5. The van der Waals surface area contributed by atoms with Gasteiger partial charge in [-0.1, -0.05) is 44.4 Å². The van der Waals surface area contributed by atoms with Gasteiger partial charge in [0.2, 0.25) is 0 Å². The minimum Gasteiger partial charge on any atom is -0.469 e. The van der Waals surface area contributed by atoms with Gasteiger partial charge in [0.1, 0.15) is 0 Å². The lowest BCUT2D eigenvalue weighted by molar-refractivity contribution is -0.139. The second kappa shape index (κ2) is 7.13. The number of para-hydroxylation sites is 1. The highest BCUT2D eigenvalue weighted by atomic mass is 16.5. The van der Waals surface area contributed by atoms with Crippen molar-refractivity contribution in [3.8, 4) is 0 Å². The molecular formula is C17H23NO2. The lowest BCUT2D eigenvalue weighted by Crippen LogP contribution is -2.04. The van der Waals surface area contributed by atoms with Gasteiger partial charge in [-0.25, -0.2) is 0 Å². The van der Waals surface area contributed by atoms with Gasteiger partial charge in [-0.05, 0) is 18.1 Å². The first-order chi connectivity index (χ1) is 9.76. The summed E-state index contributed by atoms with van der Waals surface area (Å²) in [5, 5.41) is 1.16. The largest absolute Gasteiger partial charge is 0.469 e. The first-order valence-electron chi connectivity index (χ1n) is 7.39. The molecule has 0 unspecified atom stereocenters. The average molecular weight is 273 g/mol. The molecule has 3 nitrogen and oxygen atoms in total. The molecule has 0 aliphatic carbocycles. The van der Waals surface area contributed by atoms with Crippen LogP contribution in [0.3, 0.4) is 0 Å². The van der Waals surface area contributed by atoms with E-state index in [1.54, 1.807) is 0 Å². The molecular weight excluding hydrogens is 250 g/mol. The van der Waals surface area contributed by atoms with E-state index in [4.69, 9.17) is 4.74 Å². The van der Waals surface area contributed by atoms with E-state index in [0.717, 1.165) is 17.5 Å². The van der Waals surface area contributed by atoms with Gasteiger partial charge in [0.25, 0.3) is 0 Å². The van der Waals surface area contributed by atoms with Gasteiger partial charge in [0.05, 0.1) is 13.5 Å². The number of carbonyl (C=O) groups is 1. The second-order valence-electron chi connectivity index (χ2n) is 5.18. The molecule has 0 bridgehead atoms. The molecule has 108 valence electrons. The molecule has 0 aliphatic rings. The van der Waals surface area contributed by atoms with E-state index in [1.807, 2.05) is 12.1 Å². The molecule has 2 rings (SSSR count). The van der Waals surface area contributed by atoms with E-state index in [-0.39, 0.29) is 5.97 Å². The van der Waals surface area contributed by atoms with E-state index in [9.17, 15) is 4.79 Å². The van der Waals surface area contributed by atoms with Gasteiger partial charge in [-0.3, -0.25) is 4.79 Å². The van der Waals surface area contributed by atoms with Crippen LogP contribution in [-0.4, -0.2) is 17.6 Å². The van der Waals surface area contributed by atoms with Crippen molar-refractivity contribution in [3.05, 3.63) is 36.0 Å². The number of hydrogen-bond donors (Lipinski definition) is 0. The summed E-state index contributed by atoms with van der Waals surface area (Å²) in [6.07, 6.45) is 7.43. The predicted molar refractivity (Wildman–Crippen MR) is 81.8 cm³/mol. The number of ether oxygens (including phenoxy) is 1. The molecule has 20 heavy (non-hydrogen) atoms. The smallest absolute Gasteiger partial charge is 0.310 e. The van der Waals surface area contributed by atoms with Crippen LogP contribution in [0.5, 0.6) is 0 Å². The zero-order chi connectivity index (χ0) is 14.4. The normalized spacial score (nSPS) is 10.9. The molecule has 0 saturated heterocycles. The minimum atomic E-state index is -0.182. The summed E-state index contributed by atoms with van der Waals surface area (Å²) in [5.41, 5.74) is 2.27. The Kier molecular flexibility index (Phi) is 5.22. The van der Waals surface area contributed by atoms with E-state index in [2.05, 4.69) is 29.8 Å². The van der Waals surface area contributed by atoms with Crippen molar-refractivity contribution in [1.82, 2.24) is 4.57 Å². The number of benzene rings is 1. The Balaban J connectivity index is 2.19. The first-order valence-corrected chi connectivity index (χ1v) is 7.39. The number of fused-ring (bicyclic) bond motifs is 1. The Morgan fingerprint density at radius 2 is 2.00 bits per heavy atom. The number of nitrogens with zero attached hydrogens (tertiary/aromatic N) is 1. The van der Waals surface area contributed by atoms with E-state index >= 15 is 0 Å². The number of methoxy groups -OCH3 is 1. The first kappa shape index (κ1) is 14.6. The van der Waals surface area contributed by atoms with Crippen LogP contribution >= 0.6 is 0 Å². The molecule has 1 heterocycles. The van der Waals surface area contributed by atoms with E-state index in [1.165, 1.54) is 38.3 Å². The van der Waals surface area contributed by atoms with Gasteiger partial charge in [0, 0.05) is 23.6 Å². The zero-order valence-electron chi connectivity index (χ0n) is 12.4. The van der Waals surface area contributed by atoms with Crippen LogP contribution in [0.4, 0.5) is 0 Å². The predicted octanol–water partition coefficient (Wildman–Crippen LogP) is 3.94. The van der Waals surface area contributed by atoms with Crippen LogP contribution in [0.1, 0.15) is 38.2 Å². The lowest BCUT2D eigenvalue weighted by Gasteiger charge is -2.04. The molecule has 2 aromatic rings. The van der Waals surface area contributed by atoms with Crippen molar-refractivity contribution in [1.29, 1.82) is 0 Å². The molecule has 0 spiro atoms. The van der Waals surface area contributed by atoms with Gasteiger partial charge in [-0.2, -0.15) is 0 Å². The molecule has 0 N–H and O–H groups in total. The fraction of sp³-hybridized carbons (Fsp3) is 0.471. The highest BCUT2D eigenvalue weighted by Gasteiger charge is 2.11. The minimum absolute atomic E-state index is 0.182. The topological polar surface area (TPSA) is 31.2 Å². The number of unbranched alkanes of at least 4 members (excludes halogenated alkanes) is 3. The molecule has 0 aliphatic heterocycles. The average Bonchev–Trinajstić information content (AvgIpc) is 2.82. The summed E-state index contributed by atoms with van der Waals surface area (Å²) in [4.78, 5) is 11.5. The Morgan fingerprint density at radius 1 is 1.20 bits per heavy atom. The van der Waals surface area contributed by atoms with Crippen molar-refractivity contribution in [2.75, 3.05) is 7.11 Å². The van der Waals surface area contributed by atoms with E-state index < -0.39 is 0 Å². The molecule has 1 aromatic carbocycles. The highest BCUT2D eigenvalue weighted by Crippen LogP contribution is 2.22. The maximum Gasteiger partial charge on any atom is 0.310 e. The van der Waals surface area contributed by atoms with Crippen molar-refractivity contribution in [3.63, 3.8) is 0 Å². The van der Waals surface area contributed by atoms with Gasteiger partial charge >= 0.3 is 5.97 Å². The number of hydrogen-bond acceptors (Lipinski definition) is 2. The van der Waals surface area contributed by atoms with Crippen LogP contribution in [0.25, 0.3) is 10.9 Å². The third-order valence-corrected chi connectivity index (χ3v) is 3.69. The van der Waals surface area contributed by atoms with Gasteiger partial charge in [0.15, 0.2) is 0 Å². The number of aromatic nitrogens is 1. The number of carbonyl (C=O) groups excluding carboxylic acids is 1. The van der Waals surface area contributed by atoms with E-state index in [0.29, 0.717) is 6.42 Å². The maximum atomic E-state index is 11.5. The molecule has 0 fully saturated rings. The molecule has 0 saturated carbocycles. The Morgan fingerprint density at radius 3 is 2.75 bits per heavy atom. The quantitative estimate of drug-likeness (QED) is 0.565. The lowest BCUT2D eigenvalue weighted by atomic mass is 10.1. The summed E-state index contributed by atoms with van der Waals surface area (Å²) in [7, 11) is 1.44. The standard InChI is InChI=1S/C17H23NO2/c1-3-4-5-8-11-18-13-14(12-17(19)20-2)15-9-6-7-10-16(15)18/h6-7,9-10,13H,3-5,8,11-12H2,1-2H3. The summed E-state index contributed by atoms with van der Waals surface area (Å²) >= 11 is 0. The number of esters is 1. The fourth-order valence-corrected chi connectivity index (χ4v) is 2.59. The van der Waals surface area contributed by atoms with Crippen LogP contribution in [0.15, 0.2) is 30.5 Å². The SMILES string of the molecule is CCCCCCn1cc(CC(=O)OC)c2ccccc21. The summed E-state index contributed by atoms with van der Waals surface area (Å²) in [6.45, 7) is 3.24. The van der Waals surface area contributed by atoms with Gasteiger partial charge in [-0.15, -0.1) is 0 Å². The molecule has 0 radical (unpaired) electrons. The fourth-order valence-electron chi connectivity index (χ4n) is 2.59. The third kappa shape index (κ3) is 3.41. The van der Waals surface area contributed by atoms with Crippen LogP contribution in [-0.2, 0) is 22.5 Å². The van der Waals surface area contributed by atoms with Crippen LogP contribution in [0, 0.1) is 0 Å². The summed E-state index contributed by atoms with van der Waals surface area (Å²) in [5.74, 6) is -0.182. The molecule has 1 aromatic heterocycles. The third-order valence-electron chi connectivity index (χ3n) is 3.69. The van der Waals surface area contributed by atoms with Crippen molar-refractivity contribution in [2.24, 2.45) is 0 Å². The molecule has 0 atom stereocenters. The summed E-state index contributed by atoms with van der Waals surface area (Å²) in [6, 6.07) is 8.27. The summed E-state index contributed by atoms with van der Waals surface area (Å²) < 4.78 is 7.04. The Labute approximate surface area is 120 Å². The monoisotopic (exact) mass is 273 g/mol. The molecule has 3 heteroatoms. The number of aryl methyl sites for hydroxylation is 1. The van der Waals surface area contributed by atoms with Crippen molar-refractivity contribution in [2.45, 2.75) is 45.6 Å². The second-order valence-corrected chi connectivity index (χ2v) is 5.18. The van der Waals surface area contributed by atoms with Crippen LogP contribution < -0.4 is 0 Å². The Bertz CT molecular complexity index is 571. The van der Waals surface area contributed by atoms with Gasteiger partial charge < -0.3 is 9.30 Å². The highest BCUT2D eigenvalue weighted by molar-refractivity contribution is 5.87. The van der Waals surface area contributed by atoms with Crippen molar-refractivity contribution >= 4 is 16.9 Å². The van der Waals surface area contributed by atoms with Crippen LogP contribution in [0.2, 0.25) is 0 Å². The molecule has 0 amide bonds. The Hall–Kier alpha value is -1.77. The number of rotatable bonds is 7. The van der Waals surface area contributed by atoms with Crippen molar-refractivity contribution < 1.29 is 9.53 Å².